The molecule has 0 fully saturated rings. The first-order valence-electron chi connectivity index (χ1n) is 7.86. The molecular formula is C19H16Cl2N4O. The zero-order chi connectivity index (χ0) is 18.7. The van der Waals surface area contributed by atoms with Gasteiger partial charge in [0.25, 0.3) is 5.91 Å². The monoisotopic (exact) mass is 386 g/mol. The van der Waals surface area contributed by atoms with Crippen molar-refractivity contribution in [2.45, 2.75) is 13.8 Å². The maximum Gasteiger partial charge on any atom is 0.255 e. The summed E-state index contributed by atoms with van der Waals surface area (Å²) in [6.07, 6.45) is 0. The third-order valence-corrected chi connectivity index (χ3v) is 4.10. The maximum absolute atomic E-state index is 12.5. The van der Waals surface area contributed by atoms with Crippen LogP contribution >= 0.6 is 23.2 Å². The summed E-state index contributed by atoms with van der Waals surface area (Å²) in [7, 11) is 0. The van der Waals surface area contributed by atoms with Crippen molar-refractivity contribution in [1.29, 1.82) is 0 Å². The van der Waals surface area contributed by atoms with Gasteiger partial charge in [0.15, 0.2) is 0 Å². The lowest BCUT2D eigenvalue weighted by molar-refractivity contribution is 0.102. The zero-order valence-electron chi connectivity index (χ0n) is 14.2. The number of aromatic nitrogens is 2. The molecule has 1 heterocycles. The van der Waals surface area contributed by atoms with E-state index in [1.807, 2.05) is 26.0 Å². The minimum absolute atomic E-state index is 0.292. The topological polar surface area (TPSA) is 66.9 Å². The maximum atomic E-state index is 12.5. The van der Waals surface area contributed by atoms with E-state index in [9.17, 15) is 4.79 Å². The Morgan fingerprint density at radius 3 is 2.42 bits per heavy atom. The van der Waals surface area contributed by atoms with Gasteiger partial charge in [-0.1, -0.05) is 29.3 Å². The van der Waals surface area contributed by atoms with E-state index in [2.05, 4.69) is 20.6 Å². The van der Waals surface area contributed by atoms with E-state index in [-0.39, 0.29) is 5.91 Å². The van der Waals surface area contributed by atoms with Gasteiger partial charge in [0.05, 0.1) is 10.7 Å². The molecule has 0 saturated carbocycles. The molecule has 2 aromatic carbocycles. The van der Waals surface area contributed by atoms with Crippen LogP contribution in [0.3, 0.4) is 0 Å². The largest absolute Gasteiger partial charge is 0.324 e. The number of hydrogen-bond donors (Lipinski definition) is 2. The van der Waals surface area contributed by atoms with Crippen LogP contribution < -0.4 is 10.6 Å². The van der Waals surface area contributed by atoms with Crippen molar-refractivity contribution in [3.8, 4) is 0 Å². The van der Waals surface area contributed by atoms with E-state index >= 15 is 0 Å². The van der Waals surface area contributed by atoms with Gasteiger partial charge in [-0.05, 0) is 56.3 Å². The number of carbonyl (C=O) groups is 1. The fraction of sp³-hybridized carbons (Fsp3) is 0.105. The molecule has 132 valence electrons. The summed E-state index contributed by atoms with van der Waals surface area (Å²) >= 11 is 12.0. The highest BCUT2D eigenvalue weighted by atomic mass is 35.5. The van der Waals surface area contributed by atoms with E-state index in [1.165, 1.54) is 0 Å². The quantitative estimate of drug-likeness (QED) is 0.629. The van der Waals surface area contributed by atoms with Crippen LogP contribution in [-0.2, 0) is 0 Å². The number of nitrogens with one attached hydrogen (secondary N) is 2. The molecule has 0 unspecified atom stereocenters. The van der Waals surface area contributed by atoms with Crippen molar-refractivity contribution in [2.75, 3.05) is 10.6 Å². The second-order valence-corrected chi connectivity index (χ2v) is 6.60. The van der Waals surface area contributed by atoms with Gasteiger partial charge in [-0.25, -0.2) is 9.97 Å². The standard InChI is InChI=1S/C19H16Cl2N4O/c1-11-8-12(2)23-19(22-11)24-15-5-3-4-13(9-15)18(26)25-17-10-14(20)6-7-16(17)21/h3-10H,1-2H3,(H,25,26)(H,22,23,24). The van der Waals surface area contributed by atoms with Gasteiger partial charge in [0.1, 0.15) is 0 Å². The van der Waals surface area contributed by atoms with Crippen LogP contribution in [0.15, 0.2) is 48.5 Å². The zero-order valence-corrected chi connectivity index (χ0v) is 15.7. The smallest absolute Gasteiger partial charge is 0.255 e. The third kappa shape index (κ3) is 4.50. The Balaban J connectivity index is 1.80. The Hall–Kier alpha value is -2.63. The molecule has 26 heavy (non-hydrogen) atoms. The van der Waals surface area contributed by atoms with Gasteiger partial charge in [-0.15, -0.1) is 0 Å². The number of aryl methyl sites for hydroxylation is 2. The van der Waals surface area contributed by atoms with Crippen LogP contribution in [-0.4, -0.2) is 15.9 Å². The van der Waals surface area contributed by atoms with Gasteiger partial charge in [-0.3, -0.25) is 4.79 Å². The molecule has 3 aromatic rings. The normalized spacial score (nSPS) is 10.5. The molecule has 5 nitrogen and oxygen atoms in total. The van der Waals surface area contributed by atoms with Gasteiger partial charge >= 0.3 is 0 Å². The lowest BCUT2D eigenvalue weighted by Gasteiger charge is -2.10. The predicted octanol–water partition coefficient (Wildman–Crippen LogP) is 5.40. The van der Waals surface area contributed by atoms with Crippen LogP contribution in [0.2, 0.25) is 10.0 Å². The molecule has 0 aliphatic heterocycles. The molecule has 0 atom stereocenters. The van der Waals surface area contributed by atoms with Crippen molar-refractivity contribution < 1.29 is 4.79 Å². The Morgan fingerprint density at radius 2 is 1.69 bits per heavy atom. The molecule has 0 bridgehead atoms. The van der Waals surface area contributed by atoms with Crippen LogP contribution in [0, 0.1) is 13.8 Å². The fourth-order valence-electron chi connectivity index (χ4n) is 2.44. The summed E-state index contributed by atoms with van der Waals surface area (Å²) in [6.45, 7) is 3.80. The molecule has 1 aromatic heterocycles. The van der Waals surface area contributed by atoms with Crippen LogP contribution in [0.5, 0.6) is 0 Å². The fourth-order valence-corrected chi connectivity index (χ4v) is 2.77. The minimum Gasteiger partial charge on any atom is -0.324 e. The first kappa shape index (κ1) is 18.2. The molecule has 2 N–H and O–H groups in total. The Morgan fingerprint density at radius 1 is 0.962 bits per heavy atom. The van der Waals surface area contributed by atoms with Gasteiger partial charge in [0.2, 0.25) is 5.95 Å². The Labute approximate surface area is 161 Å². The second-order valence-electron chi connectivity index (χ2n) is 5.76. The number of benzene rings is 2. The van der Waals surface area contributed by atoms with E-state index in [0.29, 0.717) is 32.9 Å². The van der Waals surface area contributed by atoms with Crippen molar-refractivity contribution in [1.82, 2.24) is 9.97 Å². The van der Waals surface area contributed by atoms with E-state index in [1.54, 1.807) is 36.4 Å². The summed E-state index contributed by atoms with van der Waals surface area (Å²) in [5.74, 6) is 0.192. The van der Waals surface area contributed by atoms with Crippen LogP contribution in [0.25, 0.3) is 0 Å². The minimum atomic E-state index is -0.292. The highest BCUT2D eigenvalue weighted by Gasteiger charge is 2.10. The molecule has 1 amide bonds. The van der Waals surface area contributed by atoms with Crippen molar-refractivity contribution in [2.24, 2.45) is 0 Å². The average Bonchev–Trinajstić information content (AvgIpc) is 2.57. The Kier molecular flexibility index (Phi) is 5.40. The number of hydrogen-bond acceptors (Lipinski definition) is 4. The highest BCUT2D eigenvalue weighted by Crippen LogP contribution is 2.26. The number of halogens is 2. The average molecular weight is 387 g/mol. The van der Waals surface area contributed by atoms with E-state index in [4.69, 9.17) is 23.2 Å². The van der Waals surface area contributed by atoms with E-state index < -0.39 is 0 Å². The summed E-state index contributed by atoms with van der Waals surface area (Å²) in [4.78, 5) is 21.2. The first-order chi connectivity index (χ1) is 12.4. The lowest BCUT2D eigenvalue weighted by atomic mass is 10.2. The predicted molar refractivity (Wildman–Crippen MR) is 106 cm³/mol. The molecule has 0 radical (unpaired) electrons. The molecule has 7 heteroatoms. The van der Waals surface area contributed by atoms with Crippen LogP contribution in [0.1, 0.15) is 21.7 Å². The first-order valence-corrected chi connectivity index (χ1v) is 8.62. The molecule has 0 aliphatic rings. The van der Waals surface area contributed by atoms with Crippen molar-refractivity contribution >= 4 is 46.4 Å². The molecule has 0 aliphatic carbocycles. The van der Waals surface area contributed by atoms with Crippen molar-refractivity contribution in [3.63, 3.8) is 0 Å². The van der Waals surface area contributed by atoms with Gasteiger partial charge < -0.3 is 10.6 Å². The molecular weight excluding hydrogens is 371 g/mol. The van der Waals surface area contributed by atoms with Crippen LogP contribution in [0.4, 0.5) is 17.3 Å². The highest BCUT2D eigenvalue weighted by molar-refractivity contribution is 6.35. The Bertz CT molecular complexity index is 955. The van der Waals surface area contributed by atoms with Crippen molar-refractivity contribution in [3.05, 3.63) is 75.5 Å². The number of amides is 1. The summed E-state index contributed by atoms with van der Waals surface area (Å²) in [5, 5.41) is 6.79. The SMILES string of the molecule is Cc1cc(C)nc(Nc2cccc(C(=O)Nc3cc(Cl)ccc3Cl)c2)n1. The lowest BCUT2D eigenvalue weighted by Crippen LogP contribution is -2.12. The second kappa shape index (κ2) is 7.72. The van der Waals surface area contributed by atoms with E-state index in [0.717, 1.165) is 11.4 Å². The number of anilines is 3. The summed E-state index contributed by atoms with van der Waals surface area (Å²) in [5.41, 5.74) is 3.37. The number of carbonyl (C=O) groups excluding carboxylic acids is 1. The summed E-state index contributed by atoms with van der Waals surface area (Å²) < 4.78 is 0. The van der Waals surface area contributed by atoms with Gasteiger partial charge in [-0.2, -0.15) is 0 Å². The number of rotatable bonds is 4. The number of nitrogens with zero attached hydrogens (tertiary/aromatic N) is 2. The summed E-state index contributed by atoms with van der Waals surface area (Å²) in [6, 6.07) is 13.8. The molecule has 0 spiro atoms. The molecule has 3 rings (SSSR count). The third-order valence-electron chi connectivity index (χ3n) is 3.54. The molecule has 0 saturated heterocycles. The van der Waals surface area contributed by atoms with Gasteiger partial charge in [0, 0.05) is 27.7 Å².